The molecule has 0 radical (unpaired) electrons. The Morgan fingerprint density at radius 2 is 1.77 bits per heavy atom. The van der Waals surface area contributed by atoms with E-state index in [0.29, 0.717) is 6.54 Å². The fourth-order valence-electron chi connectivity index (χ4n) is 3.30. The molecule has 1 saturated heterocycles. The molecule has 1 heterocycles. The number of ether oxygens (including phenoxy) is 1. The molecular weight excluding hydrogens is 326 g/mol. The van der Waals surface area contributed by atoms with E-state index < -0.39 is 0 Å². The maximum atomic E-state index is 12.6. The molecule has 0 bridgehead atoms. The van der Waals surface area contributed by atoms with Gasteiger partial charge in [0.15, 0.2) is 0 Å². The highest BCUT2D eigenvalue weighted by Gasteiger charge is 2.22. The monoisotopic (exact) mass is 353 g/mol. The van der Waals surface area contributed by atoms with E-state index in [1.807, 2.05) is 48.3 Å². The predicted molar refractivity (Wildman–Crippen MR) is 105 cm³/mol. The molecule has 1 aliphatic rings. The Kier molecular flexibility index (Phi) is 6.12. The first-order valence-corrected chi connectivity index (χ1v) is 9.05. The SMILES string of the molecule is COc1cccc(N2CCN(C(=O)CN(C)Cc3ccccc3)CC2)c1. The summed E-state index contributed by atoms with van der Waals surface area (Å²) < 4.78 is 5.30. The topological polar surface area (TPSA) is 36.0 Å². The largest absolute Gasteiger partial charge is 0.497 e. The van der Waals surface area contributed by atoms with Crippen molar-refractivity contribution in [3.63, 3.8) is 0 Å². The van der Waals surface area contributed by atoms with Crippen LogP contribution in [0.15, 0.2) is 54.6 Å². The van der Waals surface area contributed by atoms with Crippen molar-refractivity contribution in [3.05, 3.63) is 60.2 Å². The lowest BCUT2D eigenvalue weighted by molar-refractivity contribution is -0.132. The molecule has 138 valence electrons. The van der Waals surface area contributed by atoms with Gasteiger partial charge < -0.3 is 14.5 Å². The number of piperazine rings is 1. The number of hydrogen-bond acceptors (Lipinski definition) is 4. The van der Waals surface area contributed by atoms with Gasteiger partial charge in [-0.1, -0.05) is 36.4 Å². The van der Waals surface area contributed by atoms with Crippen molar-refractivity contribution in [2.24, 2.45) is 0 Å². The van der Waals surface area contributed by atoms with E-state index >= 15 is 0 Å². The molecule has 3 rings (SSSR count). The van der Waals surface area contributed by atoms with Crippen LogP contribution in [0.25, 0.3) is 0 Å². The summed E-state index contributed by atoms with van der Waals surface area (Å²) in [5.41, 5.74) is 2.38. The van der Waals surface area contributed by atoms with Crippen molar-refractivity contribution < 1.29 is 9.53 Å². The normalized spacial score (nSPS) is 14.6. The number of anilines is 1. The number of amides is 1. The third-order valence-electron chi connectivity index (χ3n) is 4.75. The van der Waals surface area contributed by atoms with Gasteiger partial charge in [-0.25, -0.2) is 0 Å². The predicted octanol–water partition coefficient (Wildman–Crippen LogP) is 2.48. The summed E-state index contributed by atoms with van der Waals surface area (Å²) in [5, 5.41) is 0. The number of nitrogens with zero attached hydrogens (tertiary/aromatic N) is 3. The Morgan fingerprint density at radius 1 is 1.04 bits per heavy atom. The summed E-state index contributed by atoms with van der Waals surface area (Å²) in [5.74, 6) is 1.07. The van der Waals surface area contributed by atoms with Crippen LogP contribution in [0, 0.1) is 0 Å². The highest BCUT2D eigenvalue weighted by molar-refractivity contribution is 5.78. The zero-order chi connectivity index (χ0) is 18.4. The van der Waals surface area contributed by atoms with Crippen molar-refractivity contribution in [1.82, 2.24) is 9.80 Å². The summed E-state index contributed by atoms with van der Waals surface area (Å²) in [6.07, 6.45) is 0. The number of likely N-dealkylation sites (N-methyl/N-ethyl adjacent to an activating group) is 1. The van der Waals surface area contributed by atoms with Gasteiger partial charge >= 0.3 is 0 Å². The molecule has 5 nitrogen and oxygen atoms in total. The van der Waals surface area contributed by atoms with Gasteiger partial charge in [-0.05, 0) is 24.7 Å². The lowest BCUT2D eigenvalue weighted by Crippen LogP contribution is -2.51. The van der Waals surface area contributed by atoms with Gasteiger partial charge in [-0.3, -0.25) is 9.69 Å². The van der Waals surface area contributed by atoms with Gasteiger partial charge in [0.1, 0.15) is 5.75 Å². The minimum absolute atomic E-state index is 0.203. The van der Waals surface area contributed by atoms with Crippen LogP contribution in [-0.4, -0.2) is 62.6 Å². The number of hydrogen-bond donors (Lipinski definition) is 0. The van der Waals surface area contributed by atoms with E-state index in [-0.39, 0.29) is 5.91 Å². The zero-order valence-corrected chi connectivity index (χ0v) is 15.6. The molecule has 0 atom stereocenters. The zero-order valence-electron chi connectivity index (χ0n) is 15.6. The molecule has 26 heavy (non-hydrogen) atoms. The quantitative estimate of drug-likeness (QED) is 0.799. The highest BCUT2D eigenvalue weighted by atomic mass is 16.5. The van der Waals surface area contributed by atoms with Crippen LogP contribution in [0.5, 0.6) is 5.75 Å². The molecule has 0 spiro atoms. The summed E-state index contributed by atoms with van der Waals surface area (Å²) in [6.45, 7) is 4.46. The first kappa shape index (κ1) is 18.3. The molecular formula is C21H27N3O2. The fourth-order valence-corrected chi connectivity index (χ4v) is 3.30. The Balaban J connectivity index is 1.48. The summed E-state index contributed by atoms with van der Waals surface area (Å²) >= 11 is 0. The molecule has 1 amide bonds. The average molecular weight is 353 g/mol. The van der Waals surface area contributed by atoms with E-state index in [2.05, 4.69) is 28.0 Å². The van der Waals surface area contributed by atoms with Crippen molar-refractivity contribution in [1.29, 1.82) is 0 Å². The smallest absolute Gasteiger partial charge is 0.236 e. The minimum Gasteiger partial charge on any atom is -0.497 e. The second-order valence-electron chi connectivity index (χ2n) is 6.73. The second kappa shape index (κ2) is 8.72. The van der Waals surface area contributed by atoms with Crippen LogP contribution < -0.4 is 9.64 Å². The molecule has 2 aromatic carbocycles. The maximum absolute atomic E-state index is 12.6. The van der Waals surface area contributed by atoms with Crippen LogP contribution in [0.1, 0.15) is 5.56 Å². The van der Waals surface area contributed by atoms with E-state index in [0.717, 1.165) is 44.2 Å². The van der Waals surface area contributed by atoms with E-state index in [1.54, 1.807) is 7.11 Å². The van der Waals surface area contributed by atoms with Gasteiger partial charge in [0.2, 0.25) is 5.91 Å². The number of carbonyl (C=O) groups excluding carboxylic acids is 1. The third kappa shape index (κ3) is 4.76. The van der Waals surface area contributed by atoms with Gasteiger partial charge in [-0.15, -0.1) is 0 Å². The Labute approximate surface area is 155 Å². The van der Waals surface area contributed by atoms with Crippen LogP contribution in [0.2, 0.25) is 0 Å². The van der Waals surface area contributed by atoms with Crippen LogP contribution in [0.4, 0.5) is 5.69 Å². The van der Waals surface area contributed by atoms with Crippen molar-refractivity contribution >= 4 is 11.6 Å². The third-order valence-corrected chi connectivity index (χ3v) is 4.75. The summed E-state index contributed by atoms with van der Waals surface area (Å²) in [4.78, 5) is 18.9. The Hall–Kier alpha value is -2.53. The van der Waals surface area contributed by atoms with Gasteiger partial charge in [-0.2, -0.15) is 0 Å². The Bertz CT molecular complexity index is 712. The second-order valence-corrected chi connectivity index (χ2v) is 6.73. The molecule has 2 aromatic rings. The van der Waals surface area contributed by atoms with Crippen molar-refractivity contribution in [3.8, 4) is 5.75 Å². The fraction of sp³-hybridized carbons (Fsp3) is 0.381. The lowest BCUT2D eigenvalue weighted by Gasteiger charge is -2.36. The summed E-state index contributed by atoms with van der Waals surface area (Å²) in [6, 6.07) is 18.3. The van der Waals surface area contributed by atoms with E-state index in [1.165, 1.54) is 5.56 Å². The first-order valence-electron chi connectivity index (χ1n) is 9.05. The molecule has 0 N–H and O–H groups in total. The number of rotatable bonds is 6. The first-order chi connectivity index (χ1) is 12.7. The lowest BCUT2D eigenvalue weighted by atomic mass is 10.2. The van der Waals surface area contributed by atoms with E-state index in [4.69, 9.17) is 4.74 Å². The van der Waals surface area contributed by atoms with Crippen LogP contribution in [0.3, 0.4) is 0 Å². The number of carbonyl (C=O) groups is 1. The maximum Gasteiger partial charge on any atom is 0.236 e. The molecule has 0 saturated carbocycles. The molecule has 0 aliphatic carbocycles. The number of benzene rings is 2. The van der Waals surface area contributed by atoms with E-state index in [9.17, 15) is 4.79 Å². The van der Waals surface area contributed by atoms with Crippen LogP contribution in [-0.2, 0) is 11.3 Å². The minimum atomic E-state index is 0.203. The van der Waals surface area contributed by atoms with Crippen molar-refractivity contribution in [2.45, 2.75) is 6.54 Å². The molecule has 0 unspecified atom stereocenters. The van der Waals surface area contributed by atoms with Crippen molar-refractivity contribution in [2.75, 3.05) is 51.8 Å². The summed E-state index contributed by atoms with van der Waals surface area (Å²) in [7, 11) is 3.68. The average Bonchev–Trinajstić information content (AvgIpc) is 2.69. The van der Waals surface area contributed by atoms with Gasteiger partial charge in [0, 0.05) is 44.5 Å². The number of methoxy groups -OCH3 is 1. The van der Waals surface area contributed by atoms with Gasteiger partial charge in [0.05, 0.1) is 13.7 Å². The molecule has 1 aliphatic heterocycles. The highest BCUT2D eigenvalue weighted by Crippen LogP contribution is 2.22. The molecule has 0 aromatic heterocycles. The molecule has 1 fully saturated rings. The van der Waals surface area contributed by atoms with Crippen LogP contribution >= 0.6 is 0 Å². The van der Waals surface area contributed by atoms with Gasteiger partial charge in [0.25, 0.3) is 0 Å². The Morgan fingerprint density at radius 3 is 2.46 bits per heavy atom. The molecule has 5 heteroatoms. The standard InChI is InChI=1S/C21H27N3O2/c1-22(16-18-7-4-3-5-8-18)17-21(25)24-13-11-23(12-14-24)19-9-6-10-20(15-19)26-2/h3-10,15H,11-14,16-17H2,1-2H3.